The zero-order chi connectivity index (χ0) is 11.5. The highest BCUT2D eigenvalue weighted by Gasteiger charge is 2.12. The maximum absolute atomic E-state index is 12.0. The molecule has 84 valence electrons. The summed E-state index contributed by atoms with van der Waals surface area (Å²) < 4.78 is 29.2. The molecule has 2 aromatic rings. The summed E-state index contributed by atoms with van der Waals surface area (Å²) in [6.07, 6.45) is 1.41. The third kappa shape index (κ3) is 2.74. The van der Waals surface area contributed by atoms with Gasteiger partial charge in [0, 0.05) is 22.3 Å². The number of hydrogen-bond donors (Lipinski definition) is 0. The lowest BCUT2D eigenvalue weighted by Crippen LogP contribution is -1.79. The number of thioether (sulfide) groups is 1. The lowest BCUT2D eigenvalue weighted by molar-refractivity contribution is 0.249. The number of halogens is 3. The molecule has 6 heteroatoms. The van der Waals surface area contributed by atoms with Gasteiger partial charge >= 0.3 is 0 Å². The number of nitrogens with zero attached hydrogens (tertiary/aromatic N) is 1. The van der Waals surface area contributed by atoms with E-state index in [1.807, 2.05) is 0 Å². The Bertz CT molecular complexity index is 472. The Balaban J connectivity index is 2.21. The summed E-state index contributed by atoms with van der Waals surface area (Å²) in [6.45, 7) is 0. The number of alkyl halides is 2. The zero-order valence-electron chi connectivity index (χ0n) is 7.86. The largest absolute Gasteiger partial charge is 0.431 e. The molecule has 0 N–H and O–H groups in total. The van der Waals surface area contributed by atoms with Crippen LogP contribution in [0.4, 0.5) is 8.78 Å². The Hall–Kier alpha value is -1.07. The van der Waals surface area contributed by atoms with E-state index in [1.165, 1.54) is 6.20 Å². The highest BCUT2D eigenvalue weighted by molar-refractivity contribution is 7.99. The van der Waals surface area contributed by atoms with E-state index in [2.05, 4.69) is 4.98 Å². The van der Waals surface area contributed by atoms with E-state index in [1.54, 1.807) is 24.3 Å². The molecular weight excluding hydrogens is 256 g/mol. The minimum Gasteiger partial charge on any atom is -0.431 e. The molecule has 0 radical (unpaired) electrons. The van der Waals surface area contributed by atoms with Crippen molar-refractivity contribution in [3.63, 3.8) is 0 Å². The highest BCUT2D eigenvalue weighted by atomic mass is 35.5. The molecule has 0 saturated carbocycles. The van der Waals surface area contributed by atoms with Crippen molar-refractivity contribution in [1.82, 2.24) is 4.98 Å². The van der Waals surface area contributed by atoms with E-state index in [4.69, 9.17) is 16.0 Å². The summed E-state index contributed by atoms with van der Waals surface area (Å²) in [5, 5.41) is 0.561. The van der Waals surface area contributed by atoms with Crippen LogP contribution < -0.4 is 0 Å². The summed E-state index contributed by atoms with van der Waals surface area (Å²) in [5.41, 5.74) is 0.748. The first-order chi connectivity index (χ1) is 7.65. The van der Waals surface area contributed by atoms with Crippen molar-refractivity contribution in [2.45, 2.75) is 11.0 Å². The minimum atomic E-state index is -2.53. The highest BCUT2D eigenvalue weighted by Crippen LogP contribution is 2.29. The van der Waals surface area contributed by atoms with Gasteiger partial charge in [0.15, 0.2) is 5.76 Å². The molecule has 0 aliphatic carbocycles. The molecule has 0 fully saturated rings. The number of rotatable bonds is 3. The van der Waals surface area contributed by atoms with E-state index in [-0.39, 0.29) is 17.0 Å². The maximum atomic E-state index is 12.0. The number of aromatic nitrogens is 1. The lowest BCUT2D eigenvalue weighted by atomic mass is 10.2. The number of hydrogen-bond acceptors (Lipinski definition) is 3. The molecule has 1 heterocycles. The van der Waals surface area contributed by atoms with Crippen LogP contribution in [0.15, 0.2) is 40.1 Å². The zero-order valence-corrected chi connectivity index (χ0v) is 9.43. The van der Waals surface area contributed by atoms with Crippen molar-refractivity contribution in [2.24, 2.45) is 0 Å². The van der Waals surface area contributed by atoms with Crippen LogP contribution in [0.5, 0.6) is 0 Å². The Morgan fingerprint density at radius 2 is 1.94 bits per heavy atom. The van der Waals surface area contributed by atoms with Gasteiger partial charge in [-0.1, -0.05) is 11.6 Å². The molecule has 2 rings (SSSR count). The monoisotopic (exact) mass is 261 g/mol. The van der Waals surface area contributed by atoms with E-state index in [0.29, 0.717) is 10.8 Å². The first-order valence-corrected chi connectivity index (χ1v) is 5.57. The van der Waals surface area contributed by atoms with Gasteiger partial charge in [-0.15, -0.1) is 0 Å². The quantitative estimate of drug-likeness (QED) is 0.770. The summed E-state index contributed by atoms with van der Waals surface area (Å²) in [5.74, 6) is -2.09. The number of oxazole rings is 1. The standard InChI is InChI=1S/C10H6ClF2NOS/c11-7-3-1-6(2-4-7)8-5-14-10(15-8)16-9(12)13/h1-5,9H. The van der Waals surface area contributed by atoms with E-state index in [9.17, 15) is 8.78 Å². The number of benzene rings is 1. The molecule has 1 aromatic heterocycles. The Kier molecular flexibility index (Phi) is 3.46. The van der Waals surface area contributed by atoms with Crippen LogP contribution in [0.3, 0.4) is 0 Å². The van der Waals surface area contributed by atoms with Crippen LogP contribution in [0, 0.1) is 0 Å². The predicted octanol–water partition coefficient (Wildman–Crippen LogP) is 4.31. The molecule has 2 nitrogen and oxygen atoms in total. The predicted molar refractivity (Wildman–Crippen MR) is 58.8 cm³/mol. The summed E-state index contributed by atoms with van der Waals surface area (Å²) in [6, 6.07) is 6.86. The molecule has 16 heavy (non-hydrogen) atoms. The molecular formula is C10H6ClF2NOS. The molecule has 0 spiro atoms. The van der Waals surface area contributed by atoms with Crippen LogP contribution in [0.2, 0.25) is 5.02 Å². The molecule has 0 unspecified atom stereocenters. The Labute approximate surface area is 99.6 Å². The third-order valence-electron chi connectivity index (χ3n) is 1.80. The van der Waals surface area contributed by atoms with Crippen molar-refractivity contribution < 1.29 is 13.2 Å². The van der Waals surface area contributed by atoms with Crippen molar-refractivity contribution >= 4 is 23.4 Å². The Morgan fingerprint density at radius 1 is 1.25 bits per heavy atom. The van der Waals surface area contributed by atoms with Gasteiger partial charge in [0.25, 0.3) is 11.0 Å². The van der Waals surface area contributed by atoms with Crippen molar-refractivity contribution in [1.29, 1.82) is 0 Å². The van der Waals surface area contributed by atoms with Gasteiger partial charge in [-0.3, -0.25) is 0 Å². The average molecular weight is 262 g/mol. The van der Waals surface area contributed by atoms with Crippen molar-refractivity contribution in [2.75, 3.05) is 0 Å². The lowest BCUT2D eigenvalue weighted by Gasteiger charge is -1.96. The normalized spacial score (nSPS) is 11.0. The van der Waals surface area contributed by atoms with Gasteiger partial charge in [-0.05, 0) is 24.3 Å². The van der Waals surface area contributed by atoms with Gasteiger partial charge in [0.1, 0.15) is 0 Å². The van der Waals surface area contributed by atoms with Gasteiger partial charge in [0.2, 0.25) is 0 Å². The van der Waals surface area contributed by atoms with Gasteiger partial charge in [0.05, 0.1) is 6.20 Å². The Morgan fingerprint density at radius 3 is 2.56 bits per heavy atom. The van der Waals surface area contributed by atoms with Crippen LogP contribution in [-0.4, -0.2) is 10.7 Å². The van der Waals surface area contributed by atoms with Gasteiger partial charge in [-0.2, -0.15) is 8.78 Å². The third-order valence-corrected chi connectivity index (χ3v) is 2.62. The summed E-state index contributed by atoms with van der Waals surface area (Å²) in [7, 11) is 0. The second kappa shape index (κ2) is 4.84. The topological polar surface area (TPSA) is 26.0 Å². The van der Waals surface area contributed by atoms with Crippen LogP contribution in [0.25, 0.3) is 11.3 Å². The fraction of sp³-hybridized carbons (Fsp3) is 0.100. The minimum absolute atomic E-state index is 0.0417. The first kappa shape index (κ1) is 11.4. The second-order valence-corrected chi connectivity index (χ2v) is 4.25. The van der Waals surface area contributed by atoms with E-state index < -0.39 is 5.76 Å². The van der Waals surface area contributed by atoms with Crippen LogP contribution >= 0.6 is 23.4 Å². The fourth-order valence-corrected chi connectivity index (χ4v) is 1.67. The molecule has 0 aliphatic rings. The van der Waals surface area contributed by atoms with E-state index >= 15 is 0 Å². The van der Waals surface area contributed by atoms with Crippen LogP contribution in [-0.2, 0) is 0 Å². The first-order valence-electron chi connectivity index (χ1n) is 4.32. The molecule has 0 atom stereocenters. The summed E-state index contributed by atoms with van der Waals surface area (Å²) in [4.78, 5) is 3.74. The smallest absolute Gasteiger partial charge is 0.293 e. The van der Waals surface area contributed by atoms with Crippen molar-refractivity contribution in [3.8, 4) is 11.3 Å². The van der Waals surface area contributed by atoms with Gasteiger partial charge in [-0.25, -0.2) is 4.98 Å². The SMILES string of the molecule is FC(F)Sc1ncc(-c2ccc(Cl)cc2)o1. The summed E-state index contributed by atoms with van der Waals surface area (Å²) >= 11 is 6.00. The molecule has 0 bridgehead atoms. The average Bonchev–Trinajstić information content (AvgIpc) is 2.66. The fourth-order valence-electron chi connectivity index (χ4n) is 1.14. The van der Waals surface area contributed by atoms with E-state index in [0.717, 1.165) is 5.56 Å². The molecule has 0 saturated heterocycles. The van der Waals surface area contributed by atoms with Gasteiger partial charge < -0.3 is 4.42 Å². The second-order valence-electron chi connectivity index (χ2n) is 2.88. The molecule has 1 aromatic carbocycles. The molecule has 0 aliphatic heterocycles. The molecule has 0 amide bonds. The van der Waals surface area contributed by atoms with Crippen molar-refractivity contribution in [3.05, 3.63) is 35.5 Å². The van der Waals surface area contributed by atoms with Crippen LogP contribution in [0.1, 0.15) is 0 Å². The maximum Gasteiger partial charge on any atom is 0.293 e.